The molecule has 1 N–H and O–H groups in total. The fraction of sp³-hybridized carbons (Fsp3) is 0.750. The molecule has 7 nitrogen and oxygen atoms in total. The maximum Gasteiger partial charge on any atom is 0.311 e. The number of hydrogen-bond donors (Lipinski definition) is 1. The van der Waals surface area contributed by atoms with Crippen LogP contribution in [-0.4, -0.2) is 80.1 Å². The number of amides is 2. The highest BCUT2D eigenvalue weighted by Crippen LogP contribution is 2.65. The number of thioether (sulfide) groups is 1. The van der Waals surface area contributed by atoms with Crippen molar-refractivity contribution in [1.82, 2.24) is 9.80 Å². The van der Waals surface area contributed by atoms with Crippen LogP contribution in [0.4, 0.5) is 0 Å². The minimum Gasteiger partial charge on any atom is -0.465 e. The molecular weight excluding hydrogens is 476 g/mol. The molecule has 4 aliphatic heterocycles. The van der Waals surface area contributed by atoms with E-state index in [1.807, 2.05) is 18.7 Å². The van der Waals surface area contributed by atoms with Crippen LogP contribution in [0.5, 0.6) is 0 Å². The second-order valence-electron chi connectivity index (χ2n) is 11.2. The Morgan fingerprint density at radius 3 is 2.56 bits per heavy atom. The molecule has 0 bridgehead atoms. The number of nitrogens with zero attached hydrogens (tertiary/aromatic N) is 2. The minimum absolute atomic E-state index is 0.0354. The molecule has 6 atom stereocenters. The van der Waals surface area contributed by atoms with E-state index in [0.29, 0.717) is 19.6 Å². The molecular formula is C28H40N2O5S. The lowest BCUT2D eigenvalue weighted by Gasteiger charge is -2.41. The van der Waals surface area contributed by atoms with E-state index in [9.17, 15) is 19.5 Å². The van der Waals surface area contributed by atoms with Gasteiger partial charge in [-0.2, -0.15) is 0 Å². The van der Waals surface area contributed by atoms with Crippen LogP contribution in [0.15, 0.2) is 24.3 Å². The molecule has 0 aromatic rings. The summed E-state index contributed by atoms with van der Waals surface area (Å²) in [4.78, 5) is 46.0. The Morgan fingerprint density at radius 1 is 1.06 bits per heavy atom. The van der Waals surface area contributed by atoms with Crippen molar-refractivity contribution < 1.29 is 24.2 Å². The maximum absolute atomic E-state index is 14.5. The van der Waals surface area contributed by atoms with Gasteiger partial charge >= 0.3 is 5.97 Å². The quantitative estimate of drug-likeness (QED) is 0.455. The summed E-state index contributed by atoms with van der Waals surface area (Å²) >= 11 is 1.59. The van der Waals surface area contributed by atoms with Crippen molar-refractivity contribution >= 4 is 29.5 Å². The molecule has 198 valence electrons. The summed E-state index contributed by atoms with van der Waals surface area (Å²) in [5.41, 5.74) is 0. The summed E-state index contributed by atoms with van der Waals surface area (Å²) in [6.07, 6.45) is 16.9. The standard InChI is InChI=1S/C28H40N2O5S/c1-3-19(18-31)30-23-25(33)29(20-12-7-6-8-13-20)16-11-15-28(23)21(24(30)32)22-26(34)35-17-10-5-4-9-14-27(22,2)36-28/h9,11,14-15,19-23,31H,3-8,10,12-13,16-18H2,1-2H3/b14-9-/t19-,21-,22-,23?,27+,28-/m0/s1. The number of likely N-dealkylation sites (tertiary alicyclic amines) is 1. The van der Waals surface area contributed by atoms with Crippen LogP contribution in [0.2, 0.25) is 0 Å². The summed E-state index contributed by atoms with van der Waals surface area (Å²) in [5.74, 6) is -1.98. The van der Waals surface area contributed by atoms with Gasteiger partial charge in [0.1, 0.15) is 6.04 Å². The highest BCUT2D eigenvalue weighted by molar-refractivity contribution is 8.02. The number of aliphatic hydroxyl groups excluding tert-OH is 1. The van der Waals surface area contributed by atoms with Gasteiger partial charge in [0.15, 0.2) is 0 Å². The summed E-state index contributed by atoms with van der Waals surface area (Å²) in [6.45, 7) is 4.62. The van der Waals surface area contributed by atoms with E-state index in [-0.39, 0.29) is 30.4 Å². The average molecular weight is 517 g/mol. The Bertz CT molecular complexity index is 942. The van der Waals surface area contributed by atoms with Crippen LogP contribution in [0.3, 0.4) is 0 Å². The Morgan fingerprint density at radius 2 is 1.83 bits per heavy atom. The predicted molar refractivity (Wildman–Crippen MR) is 139 cm³/mol. The molecule has 2 amide bonds. The van der Waals surface area contributed by atoms with E-state index >= 15 is 0 Å². The molecule has 36 heavy (non-hydrogen) atoms. The number of carbonyl (C=O) groups excluding carboxylic acids is 3. The van der Waals surface area contributed by atoms with Crippen molar-refractivity contribution in [2.45, 2.75) is 99.3 Å². The number of cyclic esters (lactones) is 1. The zero-order valence-electron chi connectivity index (χ0n) is 21.6. The molecule has 4 heterocycles. The van der Waals surface area contributed by atoms with Crippen molar-refractivity contribution in [3.63, 3.8) is 0 Å². The first kappa shape index (κ1) is 25.8. The summed E-state index contributed by atoms with van der Waals surface area (Å²) in [7, 11) is 0. The molecule has 5 rings (SSSR count). The van der Waals surface area contributed by atoms with Gasteiger partial charge in [-0.1, -0.05) is 50.5 Å². The van der Waals surface area contributed by atoms with Gasteiger partial charge in [-0.25, -0.2) is 0 Å². The highest BCUT2D eigenvalue weighted by atomic mass is 32.2. The number of aliphatic hydroxyl groups is 1. The molecule has 0 radical (unpaired) electrons. The zero-order chi connectivity index (χ0) is 25.5. The van der Waals surface area contributed by atoms with E-state index < -0.39 is 33.4 Å². The van der Waals surface area contributed by atoms with E-state index in [4.69, 9.17) is 4.74 Å². The largest absolute Gasteiger partial charge is 0.465 e. The first-order valence-electron chi connectivity index (χ1n) is 13.8. The topological polar surface area (TPSA) is 87.2 Å². The van der Waals surface area contributed by atoms with Crippen molar-refractivity contribution in [2.75, 3.05) is 19.8 Å². The Hall–Kier alpha value is -1.80. The third-order valence-electron chi connectivity index (χ3n) is 9.06. The third kappa shape index (κ3) is 4.03. The van der Waals surface area contributed by atoms with E-state index in [1.165, 1.54) is 6.42 Å². The maximum atomic E-state index is 14.5. The van der Waals surface area contributed by atoms with Gasteiger partial charge in [0, 0.05) is 17.3 Å². The Labute approximate surface area is 218 Å². The second kappa shape index (κ2) is 10.2. The summed E-state index contributed by atoms with van der Waals surface area (Å²) in [5, 5.41) is 10.3. The van der Waals surface area contributed by atoms with Gasteiger partial charge in [-0.15, -0.1) is 11.8 Å². The smallest absolute Gasteiger partial charge is 0.311 e. The van der Waals surface area contributed by atoms with Crippen LogP contribution in [0.1, 0.15) is 71.6 Å². The molecule has 1 saturated carbocycles. The lowest BCUT2D eigenvalue weighted by Crippen LogP contribution is -2.58. The lowest BCUT2D eigenvalue weighted by atomic mass is 9.74. The minimum atomic E-state index is -0.878. The normalized spacial score (nSPS) is 39.2. The van der Waals surface area contributed by atoms with Gasteiger partial charge in [0.25, 0.3) is 0 Å². The zero-order valence-corrected chi connectivity index (χ0v) is 22.4. The van der Waals surface area contributed by atoms with E-state index in [1.54, 1.807) is 16.7 Å². The molecule has 2 saturated heterocycles. The molecule has 0 aromatic heterocycles. The van der Waals surface area contributed by atoms with Gasteiger partial charge in [0.2, 0.25) is 11.8 Å². The summed E-state index contributed by atoms with van der Waals surface area (Å²) < 4.78 is 4.19. The fourth-order valence-electron chi connectivity index (χ4n) is 7.28. The molecule has 0 aromatic carbocycles. The Kier molecular flexibility index (Phi) is 7.29. The van der Waals surface area contributed by atoms with Crippen molar-refractivity contribution in [3.05, 3.63) is 24.3 Å². The number of hydrogen-bond acceptors (Lipinski definition) is 6. The van der Waals surface area contributed by atoms with Crippen molar-refractivity contribution in [2.24, 2.45) is 11.8 Å². The number of esters is 1. The van der Waals surface area contributed by atoms with Crippen LogP contribution < -0.4 is 0 Å². The molecule has 1 spiro atoms. The van der Waals surface area contributed by atoms with Crippen LogP contribution in [-0.2, 0) is 19.1 Å². The predicted octanol–water partition coefficient (Wildman–Crippen LogP) is 3.46. The Balaban J connectivity index is 1.63. The molecule has 1 aliphatic carbocycles. The van der Waals surface area contributed by atoms with Gasteiger partial charge in [-0.05, 0) is 45.4 Å². The van der Waals surface area contributed by atoms with Crippen molar-refractivity contribution in [1.29, 1.82) is 0 Å². The average Bonchev–Trinajstić information content (AvgIpc) is 3.20. The van der Waals surface area contributed by atoms with Crippen LogP contribution in [0.25, 0.3) is 0 Å². The number of ether oxygens (including phenoxy) is 1. The van der Waals surface area contributed by atoms with Crippen LogP contribution >= 0.6 is 11.8 Å². The first-order valence-corrected chi connectivity index (χ1v) is 14.7. The van der Waals surface area contributed by atoms with Gasteiger partial charge in [-0.3, -0.25) is 14.4 Å². The fourth-order valence-corrected chi connectivity index (χ4v) is 9.42. The molecule has 1 unspecified atom stereocenters. The first-order chi connectivity index (χ1) is 17.4. The molecule has 3 fully saturated rings. The van der Waals surface area contributed by atoms with Gasteiger partial charge in [0.05, 0.1) is 35.8 Å². The number of fused-ring (bicyclic) bond motifs is 2. The van der Waals surface area contributed by atoms with E-state index in [2.05, 4.69) is 24.3 Å². The molecule has 8 heteroatoms. The lowest BCUT2D eigenvalue weighted by molar-refractivity contribution is -0.155. The van der Waals surface area contributed by atoms with Crippen molar-refractivity contribution in [3.8, 4) is 0 Å². The highest BCUT2D eigenvalue weighted by Gasteiger charge is 2.74. The number of rotatable bonds is 4. The SMILES string of the molecule is CC[C@@H](CO)N1C(=O)[C@@H]2[C@H]3C(=O)OCCCC/C=C\[C@@]3(C)S[C@@]23C=CCN(C2CCCCC2)C(=O)C13. The van der Waals surface area contributed by atoms with E-state index in [0.717, 1.165) is 44.9 Å². The monoisotopic (exact) mass is 516 g/mol. The second-order valence-corrected chi connectivity index (χ2v) is 13.0. The molecule has 5 aliphatic rings. The summed E-state index contributed by atoms with van der Waals surface area (Å²) in [6, 6.07) is -1.04. The number of carbonyl (C=O) groups is 3. The third-order valence-corrected chi connectivity index (χ3v) is 10.9. The number of allylic oxidation sites excluding steroid dienone is 1. The van der Waals surface area contributed by atoms with Gasteiger partial charge < -0.3 is 19.6 Å². The van der Waals surface area contributed by atoms with Crippen LogP contribution in [0, 0.1) is 11.8 Å².